The zero-order chi connectivity index (χ0) is 10.8. The number of aryl methyl sites for hydroxylation is 1. The van der Waals surface area contributed by atoms with Crippen molar-refractivity contribution in [1.29, 1.82) is 0 Å². The van der Waals surface area contributed by atoms with Crippen LogP contribution < -0.4 is 0 Å². The Morgan fingerprint density at radius 2 is 2.20 bits per heavy atom. The van der Waals surface area contributed by atoms with Gasteiger partial charge in [0.1, 0.15) is 0 Å². The van der Waals surface area contributed by atoms with Crippen molar-refractivity contribution in [3.63, 3.8) is 0 Å². The van der Waals surface area contributed by atoms with Gasteiger partial charge in [0, 0.05) is 0 Å². The summed E-state index contributed by atoms with van der Waals surface area (Å²) in [5.41, 5.74) is 2.59. The van der Waals surface area contributed by atoms with E-state index in [9.17, 15) is 0 Å². The third kappa shape index (κ3) is 2.20. The second-order valence-corrected chi connectivity index (χ2v) is 5.38. The molecule has 1 heterocycles. The molecule has 0 N–H and O–H groups in total. The summed E-state index contributed by atoms with van der Waals surface area (Å²) in [5.74, 6) is 0.654. The maximum Gasteiger partial charge on any atom is 0.0907 e. The molecule has 0 saturated carbocycles. The van der Waals surface area contributed by atoms with E-state index in [0.717, 1.165) is 10.5 Å². The lowest BCUT2D eigenvalue weighted by atomic mass is 9.96. The van der Waals surface area contributed by atoms with Gasteiger partial charge in [-0.2, -0.15) is 0 Å². The Hall–Kier alpha value is -0.890. The average Bonchev–Trinajstić information content (AvgIpc) is 2.57. The van der Waals surface area contributed by atoms with Crippen LogP contribution in [0.3, 0.4) is 0 Å². The van der Waals surface area contributed by atoms with Crippen LogP contribution in [0.2, 0.25) is 0 Å². The molecule has 0 amide bonds. The minimum atomic E-state index is 0.654. The molecule has 0 bridgehead atoms. The minimum Gasteiger partial charge on any atom is -0.242 e. The number of fused-ring (bicyclic) bond motifs is 1. The van der Waals surface area contributed by atoms with Gasteiger partial charge in [0.05, 0.1) is 15.2 Å². The molecule has 2 aromatic rings. The first-order valence-electron chi connectivity index (χ1n) is 5.57. The quantitative estimate of drug-likeness (QED) is 0.740. The van der Waals surface area contributed by atoms with E-state index in [4.69, 9.17) is 0 Å². The molecule has 1 aromatic heterocycles. The fraction of sp³-hybridized carbons (Fsp3) is 0.462. The van der Waals surface area contributed by atoms with E-state index in [1.165, 1.54) is 23.1 Å². The number of rotatable bonds is 3. The van der Waals surface area contributed by atoms with Crippen LogP contribution in [0.25, 0.3) is 10.2 Å². The molecule has 1 nitrogen and oxygen atoms in total. The van der Waals surface area contributed by atoms with Crippen LogP contribution in [0.5, 0.6) is 0 Å². The molecule has 1 unspecified atom stereocenters. The Bertz CT molecular complexity index is 459. The van der Waals surface area contributed by atoms with Crippen molar-refractivity contribution < 1.29 is 0 Å². The predicted octanol–water partition coefficient (Wildman–Crippen LogP) is 4.51. The third-order valence-corrected chi connectivity index (χ3v) is 3.76. The van der Waals surface area contributed by atoms with Crippen LogP contribution in [0.4, 0.5) is 0 Å². The monoisotopic (exact) mass is 219 g/mol. The summed E-state index contributed by atoms with van der Waals surface area (Å²) >= 11 is 1.77. The molecule has 0 saturated heterocycles. The first-order chi connectivity index (χ1) is 7.20. The first kappa shape index (κ1) is 10.6. The summed E-state index contributed by atoms with van der Waals surface area (Å²) in [6.45, 7) is 6.60. The van der Waals surface area contributed by atoms with Crippen molar-refractivity contribution in [2.24, 2.45) is 0 Å². The van der Waals surface area contributed by atoms with E-state index in [-0.39, 0.29) is 0 Å². The fourth-order valence-corrected chi connectivity index (χ4v) is 2.77. The summed E-state index contributed by atoms with van der Waals surface area (Å²) in [4.78, 5) is 4.53. The van der Waals surface area contributed by atoms with Crippen molar-refractivity contribution in [3.05, 3.63) is 28.8 Å². The predicted molar refractivity (Wildman–Crippen MR) is 67.7 cm³/mol. The van der Waals surface area contributed by atoms with E-state index in [1.807, 2.05) is 0 Å². The molecule has 80 valence electrons. The van der Waals surface area contributed by atoms with Crippen LogP contribution in [0, 0.1) is 6.92 Å². The van der Waals surface area contributed by atoms with Gasteiger partial charge >= 0.3 is 0 Å². The molecule has 2 heteroatoms. The summed E-state index contributed by atoms with van der Waals surface area (Å²) in [7, 11) is 0. The molecule has 0 radical (unpaired) electrons. The van der Waals surface area contributed by atoms with Gasteiger partial charge in [-0.25, -0.2) is 4.98 Å². The molecular weight excluding hydrogens is 202 g/mol. The molecule has 0 aliphatic carbocycles. The van der Waals surface area contributed by atoms with Gasteiger partial charge in [0.15, 0.2) is 0 Å². The average molecular weight is 219 g/mol. The zero-order valence-electron chi connectivity index (χ0n) is 9.58. The maximum absolute atomic E-state index is 4.53. The third-order valence-electron chi connectivity index (χ3n) is 2.81. The van der Waals surface area contributed by atoms with Crippen molar-refractivity contribution in [2.45, 2.75) is 39.5 Å². The standard InChI is InChI=1S/C13H17NS/c1-4-5-9(2)11-6-7-13-12(8-11)14-10(3)15-13/h6-9H,4-5H2,1-3H3. The van der Waals surface area contributed by atoms with Gasteiger partial charge in [-0.15, -0.1) is 11.3 Å². The summed E-state index contributed by atoms with van der Waals surface area (Å²) < 4.78 is 1.31. The van der Waals surface area contributed by atoms with E-state index in [0.29, 0.717) is 5.92 Å². The van der Waals surface area contributed by atoms with E-state index in [1.54, 1.807) is 11.3 Å². The molecule has 0 fully saturated rings. The van der Waals surface area contributed by atoms with Crippen molar-refractivity contribution in [3.8, 4) is 0 Å². The number of nitrogens with zero attached hydrogens (tertiary/aromatic N) is 1. The van der Waals surface area contributed by atoms with Gasteiger partial charge in [0.2, 0.25) is 0 Å². The number of thiazole rings is 1. The number of aromatic nitrogens is 1. The lowest BCUT2D eigenvalue weighted by molar-refractivity contribution is 0.665. The Morgan fingerprint density at radius 1 is 1.40 bits per heavy atom. The van der Waals surface area contributed by atoms with E-state index < -0.39 is 0 Å². The number of benzene rings is 1. The highest BCUT2D eigenvalue weighted by Gasteiger charge is 2.07. The largest absolute Gasteiger partial charge is 0.242 e. The molecule has 0 aliphatic rings. The fourth-order valence-electron chi connectivity index (χ4n) is 1.97. The summed E-state index contributed by atoms with van der Waals surface area (Å²) in [6, 6.07) is 6.71. The van der Waals surface area contributed by atoms with Gasteiger partial charge in [-0.05, 0) is 37.0 Å². The van der Waals surface area contributed by atoms with Crippen molar-refractivity contribution in [1.82, 2.24) is 4.98 Å². The first-order valence-corrected chi connectivity index (χ1v) is 6.39. The normalized spacial score (nSPS) is 13.3. The van der Waals surface area contributed by atoms with Gasteiger partial charge < -0.3 is 0 Å². The topological polar surface area (TPSA) is 12.9 Å². The molecular formula is C13H17NS. The Morgan fingerprint density at radius 3 is 2.93 bits per heavy atom. The Labute approximate surface area is 95.2 Å². The highest BCUT2D eigenvalue weighted by molar-refractivity contribution is 7.18. The lowest BCUT2D eigenvalue weighted by Gasteiger charge is -2.09. The van der Waals surface area contributed by atoms with Crippen LogP contribution in [-0.4, -0.2) is 4.98 Å². The number of hydrogen-bond acceptors (Lipinski definition) is 2. The highest BCUT2D eigenvalue weighted by Crippen LogP contribution is 2.27. The summed E-state index contributed by atoms with van der Waals surface area (Å²) in [5, 5.41) is 1.16. The Balaban J connectivity index is 2.37. The zero-order valence-corrected chi connectivity index (χ0v) is 10.4. The van der Waals surface area contributed by atoms with E-state index in [2.05, 4.69) is 44.0 Å². The van der Waals surface area contributed by atoms with Crippen molar-refractivity contribution >= 4 is 21.6 Å². The molecule has 2 rings (SSSR count). The highest BCUT2D eigenvalue weighted by atomic mass is 32.1. The summed E-state index contributed by atoms with van der Waals surface area (Å²) in [6.07, 6.45) is 2.50. The smallest absolute Gasteiger partial charge is 0.0907 e. The second-order valence-electron chi connectivity index (χ2n) is 4.15. The molecule has 1 atom stereocenters. The van der Waals surface area contributed by atoms with Crippen LogP contribution in [0.15, 0.2) is 18.2 Å². The van der Waals surface area contributed by atoms with Crippen LogP contribution in [0.1, 0.15) is 43.2 Å². The molecule has 0 spiro atoms. The Kier molecular flexibility index (Phi) is 3.06. The van der Waals surface area contributed by atoms with Gasteiger partial charge in [0.25, 0.3) is 0 Å². The minimum absolute atomic E-state index is 0.654. The molecule has 0 aliphatic heterocycles. The number of hydrogen-bond donors (Lipinski definition) is 0. The van der Waals surface area contributed by atoms with Gasteiger partial charge in [-0.3, -0.25) is 0 Å². The maximum atomic E-state index is 4.53. The SMILES string of the molecule is CCCC(C)c1ccc2sc(C)nc2c1. The lowest BCUT2D eigenvalue weighted by Crippen LogP contribution is -1.92. The van der Waals surface area contributed by atoms with Crippen LogP contribution >= 0.6 is 11.3 Å². The molecule has 1 aromatic carbocycles. The molecule has 15 heavy (non-hydrogen) atoms. The second kappa shape index (κ2) is 4.31. The van der Waals surface area contributed by atoms with Crippen LogP contribution in [-0.2, 0) is 0 Å². The van der Waals surface area contributed by atoms with Crippen molar-refractivity contribution in [2.75, 3.05) is 0 Å². The van der Waals surface area contributed by atoms with Gasteiger partial charge in [-0.1, -0.05) is 26.3 Å². The van der Waals surface area contributed by atoms with E-state index >= 15 is 0 Å².